The zero-order chi connectivity index (χ0) is 13.6. The lowest BCUT2D eigenvalue weighted by Gasteiger charge is -2.17. The highest BCUT2D eigenvalue weighted by molar-refractivity contribution is 7.33. The van der Waals surface area contributed by atoms with Gasteiger partial charge in [-0.3, -0.25) is 14.3 Å². The minimum atomic E-state index is -2.13. The summed E-state index contributed by atoms with van der Waals surface area (Å²) in [5, 5.41) is 0. The van der Waals surface area contributed by atoms with Gasteiger partial charge in [0.1, 0.15) is 18.9 Å². The molecule has 0 radical (unpaired) electrons. The Kier molecular flexibility index (Phi) is 3.10. The topological polar surface area (TPSA) is 99.6 Å². The van der Waals surface area contributed by atoms with Crippen LogP contribution in [0.5, 0.6) is 0 Å². The molecule has 2 fully saturated rings. The lowest BCUT2D eigenvalue weighted by atomic mass is 10.0. The Bertz CT molecular complexity index is 625. The van der Waals surface area contributed by atoms with E-state index in [0.29, 0.717) is 0 Å². The van der Waals surface area contributed by atoms with E-state index in [2.05, 4.69) is 4.98 Å². The Morgan fingerprint density at radius 3 is 3.00 bits per heavy atom. The van der Waals surface area contributed by atoms with Crippen LogP contribution in [0.1, 0.15) is 13.2 Å². The fraction of sp³-hybridized carbons (Fsp3) is 0.600. The summed E-state index contributed by atoms with van der Waals surface area (Å²) in [5.74, 6) is -0.184. The fourth-order valence-electron chi connectivity index (χ4n) is 2.39. The highest BCUT2D eigenvalue weighted by Crippen LogP contribution is 2.44. The van der Waals surface area contributed by atoms with E-state index >= 15 is 0 Å². The van der Waals surface area contributed by atoms with Gasteiger partial charge in [-0.1, -0.05) is 6.92 Å². The molecule has 0 aliphatic carbocycles. The lowest BCUT2D eigenvalue weighted by molar-refractivity contribution is -0.0554. The number of fused-ring (bicyclic) bond motifs is 1. The van der Waals surface area contributed by atoms with Crippen LogP contribution in [0.25, 0.3) is 0 Å². The van der Waals surface area contributed by atoms with Gasteiger partial charge in [-0.25, -0.2) is 4.79 Å². The minimum Gasteiger partial charge on any atom is -0.349 e. The molecular weight excluding hydrogens is 275 g/mol. The first kappa shape index (κ1) is 12.7. The zero-order valence-corrected chi connectivity index (χ0v) is 10.9. The van der Waals surface area contributed by atoms with Gasteiger partial charge >= 0.3 is 13.9 Å². The molecule has 9 heteroatoms. The number of nitrogens with zero attached hydrogens (tertiary/aromatic N) is 1. The van der Waals surface area contributed by atoms with Crippen molar-refractivity contribution in [2.45, 2.75) is 25.4 Å². The number of rotatable bonds is 1. The van der Waals surface area contributed by atoms with Crippen molar-refractivity contribution in [3.63, 3.8) is 0 Å². The summed E-state index contributed by atoms with van der Waals surface area (Å²) in [6, 6.07) is 1.25. The van der Waals surface area contributed by atoms with Crippen molar-refractivity contribution < 1.29 is 18.3 Å². The van der Waals surface area contributed by atoms with Crippen molar-refractivity contribution in [1.29, 1.82) is 0 Å². The van der Waals surface area contributed by atoms with Gasteiger partial charge in [0.15, 0.2) is 6.10 Å². The number of nitrogens with one attached hydrogen (secondary N) is 1. The molecule has 0 saturated carbocycles. The second-order valence-corrected chi connectivity index (χ2v) is 5.45. The van der Waals surface area contributed by atoms with Crippen LogP contribution < -0.4 is 11.2 Å². The first-order valence-electron chi connectivity index (χ1n) is 5.80. The quantitative estimate of drug-likeness (QED) is 0.738. The molecule has 3 heterocycles. The molecule has 1 aromatic heterocycles. The summed E-state index contributed by atoms with van der Waals surface area (Å²) in [7, 11) is -2.13. The van der Waals surface area contributed by atoms with Gasteiger partial charge in [-0.2, -0.15) is 0 Å². The Hall–Kier alpha value is -1.34. The molecule has 0 aromatic carbocycles. The second kappa shape index (κ2) is 4.64. The van der Waals surface area contributed by atoms with Crippen LogP contribution in [-0.2, 0) is 18.3 Å². The Labute approximate surface area is 108 Å². The number of hydrogen-bond acceptors (Lipinski definition) is 6. The molecule has 1 N–H and O–H groups in total. The molecule has 0 spiro atoms. The SMILES string of the molecule is CC1C2O[P+](=O)OCC2OC1n1ccc(=O)[nH]c1=O. The van der Waals surface area contributed by atoms with Gasteiger partial charge < -0.3 is 4.74 Å². The average molecular weight is 287 g/mol. The summed E-state index contributed by atoms with van der Waals surface area (Å²) < 4.78 is 28.3. The van der Waals surface area contributed by atoms with Crippen molar-refractivity contribution in [3.8, 4) is 0 Å². The minimum absolute atomic E-state index is 0.165. The Morgan fingerprint density at radius 1 is 1.47 bits per heavy atom. The van der Waals surface area contributed by atoms with Crippen molar-refractivity contribution in [2.24, 2.45) is 5.92 Å². The number of aromatic nitrogens is 2. The van der Waals surface area contributed by atoms with Crippen molar-refractivity contribution in [3.05, 3.63) is 33.1 Å². The number of ether oxygens (including phenoxy) is 1. The van der Waals surface area contributed by atoms with Gasteiger partial charge in [-0.05, 0) is 0 Å². The molecule has 0 bridgehead atoms. The molecule has 5 atom stereocenters. The molecule has 102 valence electrons. The Balaban J connectivity index is 1.92. The lowest BCUT2D eigenvalue weighted by Crippen LogP contribution is -2.34. The van der Waals surface area contributed by atoms with Crippen LogP contribution in [0.2, 0.25) is 0 Å². The number of hydrogen-bond donors (Lipinski definition) is 1. The maximum absolute atomic E-state index is 11.7. The van der Waals surface area contributed by atoms with Crippen LogP contribution in [0.15, 0.2) is 21.9 Å². The van der Waals surface area contributed by atoms with Gasteiger partial charge in [0.05, 0.1) is 0 Å². The van der Waals surface area contributed by atoms with E-state index in [1.165, 1.54) is 16.8 Å². The highest BCUT2D eigenvalue weighted by atomic mass is 31.1. The van der Waals surface area contributed by atoms with E-state index in [1.807, 2.05) is 6.92 Å². The summed E-state index contributed by atoms with van der Waals surface area (Å²) in [6.07, 6.45) is 0.0396. The van der Waals surface area contributed by atoms with Crippen LogP contribution in [0, 0.1) is 5.92 Å². The third kappa shape index (κ3) is 2.17. The predicted octanol–water partition coefficient (Wildman–Crippen LogP) is 0.143. The van der Waals surface area contributed by atoms with Crippen LogP contribution >= 0.6 is 8.25 Å². The average Bonchev–Trinajstić information content (AvgIpc) is 2.67. The smallest absolute Gasteiger partial charge is 0.349 e. The molecule has 1 aromatic rings. The van der Waals surface area contributed by atoms with E-state index in [9.17, 15) is 14.2 Å². The largest absolute Gasteiger partial charge is 0.697 e. The van der Waals surface area contributed by atoms with E-state index in [0.717, 1.165) is 0 Å². The van der Waals surface area contributed by atoms with E-state index in [-0.39, 0.29) is 24.7 Å². The van der Waals surface area contributed by atoms with Gasteiger partial charge in [-0.15, -0.1) is 9.05 Å². The fourth-order valence-corrected chi connectivity index (χ4v) is 3.25. The maximum atomic E-state index is 11.7. The van der Waals surface area contributed by atoms with Gasteiger partial charge in [0, 0.05) is 22.7 Å². The molecule has 2 aliphatic rings. The van der Waals surface area contributed by atoms with Crippen LogP contribution in [-0.4, -0.2) is 28.4 Å². The molecule has 2 saturated heterocycles. The summed E-state index contributed by atoms with van der Waals surface area (Å²) in [6.45, 7) is 2.00. The van der Waals surface area contributed by atoms with Gasteiger partial charge in [0.25, 0.3) is 5.56 Å². The molecule has 0 amide bonds. The monoisotopic (exact) mass is 287 g/mol. The Morgan fingerprint density at radius 2 is 2.26 bits per heavy atom. The zero-order valence-electron chi connectivity index (χ0n) is 10.0. The molecule has 19 heavy (non-hydrogen) atoms. The van der Waals surface area contributed by atoms with Crippen molar-refractivity contribution in [2.75, 3.05) is 6.61 Å². The van der Waals surface area contributed by atoms with E-state index in [4.69, 9.17) is 13.8 Å². The van der Waals surface area contributed by atoms with E-state index < -0.39 is 25.7 Å². The summed E-state index contributed by atoms with van der Waals surface area (Å²) in [4.78, 5) is 24.9. The van der Waals surface area contributed by atoms with Gasteiger partial charge in [0.2, 0.25) is 0 Å². The first-order chi connectivity index (χ1) is 9.06. The molecule has 5 unspecified atom stereocenters. The van der Waals surface area contributed by atoms with Crippen molar-refractivity contribution >= 4 is 8.25 Å². The maximum Gasteiger partial charge on any atom is 0.697 e. The third-order valence-corrected chi connectivity index (χ3v) is 4.10. The molecule has 3 rings (SSSR count). The first-order valence-corrected chi connectivity index (χ1v) is 6.89. The number of aromatic amines is 1. The molecule has 8 nitrogen and oxygen atoms in total. The standard InChI is InChI=1S/C10H11N2O6P/c1-5-8-6(4-16-19(15)18-8)17-9(5)12-3-2-7(13)11-10(12)14/h2-3,5-6,8-9H,4H2,1H3/p+1. The third-order valence-electron chi connectivity index (χ3n) is 3.33. The predicted molar refractivity (Wildman–Crippen MR) is 62.8 cm³/mol. The number of H-pyrrole nitrogens is 1. The van der Waals surface area contributed by atoms with Crippen LogP contribution in [0.3, 0.4) is 0 Å². The summed E-state index contributed by atoms with van der Waals surface area (Å²) in [5.41, 5.74) is -1.01. The molecule has 2 aliphatic heterocycles. The molecular formula is C10H12N2O6P+. The normalized spacial score (nSPS) is 36.2. The second-order valence-electron chi connectivity index (χ2n) is 4.53. The highest BCUT2D eigenvalue weighted by Gasteiger charge is 2.53. The van der Waals surface area contributed by atoms with E-state index in [1.54, 1.807) is 0 Å². The van der Waals surface area contributed by atoms with Crippen molar-refractivity contribution in [1.82, 2.24) is 9.55 Å². The summed E-state index contributed by atoms with van der Waals surface area (Å²) >= 11 is 0. The van der Waals surface area contributed by atoms with Crippen LogP contribution in [0.4, 0.5) is 0 Å².